The van der Waals surface area contributed by atoms with E-state index in [-0.39, 0.29) is 6.42 Å². The SMILES string of the molecule is COCCNC(=O)COC(=O)CN1C(=O)Cc2ccccc2C1=O. The van der Waals surface area contributed by atoms with Crippen molar-refractivity contribution in [3.8, 4) is 0 Å². The smallest absolute Gasteiger partial charge is 0.326 e. The molecule has 0 fully saturated rings. The van der Waals surface area contributed by atoms with Crippen LogP contribution in [0.3, 0.4) is 0 Å². The van der Waals surface area contributed by atoms with Crippen LogP contribution < -0.4 is 5.32 Å². The highest BCUT2D eigenvalue weighted by atomic mass is 16.5. The minimum Gasteiger partial charge on any atom is -0.454 e. The summed E-state index contributed by atoms with van der Waals surface area (Å²) in [6.45, 7) is -0.352. The van der Waals surface area contributed by atoms with Crippen LogP contribution in [0.1, 0.15) is 15.9 Å². The average molecular weight is 334 g/mol. The van der Waals surface area contributed by atoms with Crippen molar-refractivity contribution < 1.29 is 28.7 Å². The number of ether oxygens (including phenoxy) is 2. The molecule has 24 heavy (non-hydrogen) atoms. The zero-order chi connectivity index (χ0) is 17.5. The molecule has 0 spiro atoms. The first-order valence-corrected chi connectivity index (χ1v) is 7.36. The maximum absolute atomic E-state index is 12.3. The van der Waals surface area contributed by atoms with Crippen LogP contribution in [0.5, 0.6) is 0 Å². The van der Waals surface area contributed by atoms with Gasteiger partial charge in [-0.1, -0.05) is 18.2 Å². The number of imide groups is 1. The largest absolute Gasteiger partial charge is 0.454 e. The van der Waals surface area contributed by atoms with Crippen LogP contribution in [0.4, 0.5) is 0 Å². The second-order valence-corrected chi connectivity index (χ2v) is 5.12. The first kappa shape index (κ1) is 17.6. The Hall–Kier alpha value is -2.74. The van der Waals surface area contributed by atoms with Crippen molar-refractivity contribution in [2.24, 2.45) is 0 Å². The fourth-order valence-electron chi connectivity index (χ4n) is 2.22. The Kier molecular flexibility index (Phi) is 6.02. The maximum Gasteiger partial charge on any atom is 0.326 e. The molecule has 1 aromatic carbocycles. The Morgan fingerprint density at radius 1 is 1.25 bits per heavy atom. The van der Waals surface area contributed by atoms with Crippen molar-refractivity contribution in [2.75, 3.05) is 33.4 Å². The lowest BCUT2D eigenvalue weighted by molar-refractivity contribution is -0.151. The third kappa shape index (κ3) is 4.39. The fraction of sp³-hybridized carbons (Fsp3) is 0.375. The first-order valence-electron chi connectivity index (χ1n) is 7.36. The normalized spacial score (nSPS) is 13.5. The summed E-state index contributed by atoms with van der Waals surface area (Å²) in [5.41, 5.74) is 1.02. The number of rotatable bonds is 7. The van der Waals surface area contributed by atoms with Gasteiger partial charge in [0, 0.05) is 19.2 Å². The van der Waals surface area contributed by atoms with Gasteiger partial charge in [-0.05, 0) is 11.6 Å². The average Bonchev–Trinajstić information content (AvgIpc) is 2.57. The lowest BCUT2D eigenvalue weighted by atomic mass is 9.98. The molecule has 3 amide bonds. The molecule has 2 rings (SSSR count). The van der Waals surface area contributed by atoms with Crippen LogP contribution >= 0.6 is 0 Å². The molecule has 0 bridgehead atoms. The van der Waals surface area contributed by atoms with E-state index in [1.807, 2.05) is 0 Å². The highest BCUT2D eigenvalue weighted by Gasteiger charge is 2.32. The molecule has 0 aromatic heterocycles. The molecule has 1 aromatic rings. The van der Waals surface area contributed by atoms with E-state index < -0.39 is 36.8 Å². The van der Waals surface area contributed by atoms with Crippen molar-refractivity contribution in [1.82, 2.24) is 10.2 Å². The molecule has 8 nitrogen and oxygen atoms in total. The van der Waals surface area contributed by atoms with Gasteiger partial charge in [0.25, 0.3) is 11.8 Å². The molecule has 0 atom stereocenters. The Balaban J connectivity index is 1.87. The van der Waals surface area contributed by atoms with Gasteiger partial charge in [-0.2, -0.15) is 0 Å². The summed E-state index contributed by atoms with van der Waals surface area (Å²) in [6, 6.07) is 6.73. The molecular weight excluding hydrogens is 316 g/mol. The molecular formula is C16H18N2O6. The quantitative estimate of drug-likeness (QED) is 0.410. The fourth-order valence-corrected chi connectivity index (χ4v) is 2.22. The molecule has 1 N–H and O–H groups in total. The Morgan fingerprint density at radius 3 is 2.75 bits per heavy atom. The van der Waals surface area contributed by atoms with Gasteiger partial charge in [0.2, 0.25) is 5.91 Å². The van der Waals surface area contributed by atoms with Gasteiger partial charge in [0.1, 0.15) is 6.54 Å². The molecule has 8 heteroatoms. The minimum atomic E-state index is -0.821. The highest BCUT2D eigenvalue weighted by molar-refractivity contribution is 6.11. The van der Waals surface area contributed by atoms with E-state index in [1.165, 1.54) is 7.11 Å². The van der Waals surface area contributed by atoms with Gasteiger partial charge in [-0.3, -0.25) is 24.1 Å². The number of hydrogen-bond acceptors (Lipinski definition) is 6. The monoisotopic (exact) mass is 334 g/mol. The van der Waals surface area contributed by atoms with Gasteiger partial charge < -0.3 is 14.8 Å². The topological polar surface area (TPSA) is 102 Å². The maximum atomic E-state index is 12.3. The summed E-state index contributed by atoms with van der Waals surface area (Å²) in [7, 11) is 1.50. The van der Waals surface area contributed by atoms with Crippen LogP contribution in [0.25, 0.3) is 0 Å². The molecule has 0 unspecified atom stereocenters. The molecule has 0 aliphatic carbocycles. The number of nitrogens with zero attached hydrogens (tertiary/aromatic N) is 1. The predicted octanol–water partition coefficient (Wildman–Crippen LogP) is -0.483. The predicted molar refractivity (Wildman–Crippen MR) is 82.0 cm³/mol. The summed E-state index contributed by atoms with van der Waals surface area (Å²) in [5.74, 6) is -2.32. The van der Waals surface area contributed by atoms with Gasteiger partial charge in [0.15, 0.2) is 6.61 Å². The summed E-state index contributed by atoms with van der Waals surface area (Å²) in [6.07, 6.45) is 0.0483. The Bertz CT molecular complexity index is 658. The molecule has 128 valence electrons. The number of hydrogen-bond donors (Lipinski definition) is 1. The van der Waals surface area contributed by atoms with Crippen molar-refractivity contribution in [3.63, 3.8) is 0 Å². The Labute approximate surface area is 138 Å². The lowest BCUT2D eigenvalue weighted by Gasteiger charge is -2.25. The number of carbonyl (C=O) groups is 4. The van der Waals surface area contributed by atoms with Gasteiger partial charge in [-0.25, -0.2) is 0 Å². The number of carbonyl (C=O) groups excluding carboxylic acids is 4. The van der Waals surface area contributed by atoms with Gasteiger partial charge >= 0.3 is 5.97 Å². The third-order valence-corrected chi connectivity index (χ3v) is 3.42. The summed E-state index contributed by atoms with van der Waals surface area (Å²) in [4.78, 5) is 48.3. The number of methoxy groups -OCH3 is 1. The second-order valence-electron chi connectivity index (χ2n) is 5.12. The van der Waals surface area contributed by atoms with Gasteiger partial charge in [0.05, 0.1) is 13.0 Å². The van der Waals surface area contributed by atoms with E-state index in [2.05, 4.69) is 5.32 Å². The van der Waals surface area contributed by atoms with E-state index in [0.717, 1.165) is 4.90 Å². The van der Waals surface area contributed by atoms with Crippen molar-refractivity contribution in [2.45, 2.75) is 6.42 Å². The molecule has 1 aliphatic heterocycles. The Morgan fingerprint density at radius 2 is 2.00 bits per heavy atom. The standard InChI is InChI=1S/C16H18N2O6/c1-23-7-6-17-13(19)10-24-15(21)9-18-14(20)8-11-4-2-3-5-12(11)16(18)22/h2-5H,6-10H2,1H3,(H,17,19). The second kappa shape index (κ2) is 8.21. The number of benzene rings is 1. The van der Waals surface area contributed by atoms with Crippen molar-refractivity contribution in [3.05, 3.63) is 35.4 Å². The number of fused-ring (bicyclic) bond motifs is 1. The van der Waals surface area contributed by atoms with Crippen molar-refractivity contribution >= 4 is 23.7 Å². The zero-order valence-electron chi connectivity index (χ0n) is 13.2. The van der Waals surface area contributed by atoms with Gasteiger partial charge in [-0.15, -0.1) is 0 Å². The van der Waals surface area contributed by atoms with Crippen LogP contribution in [-0.2, 0) is 30.3 Å². The minimum absolute atomic E-state index is 0.0483. The molecule has 1 aliphatic rings. The summed E-state index contributed by atoms with van der Waals surface area (Å²) >= 11 is 0. The van der Waals surface area contributed by atoms with Crippen LogP contribution in [-0.4, -0.2) is 62.0 Å². The zero-order valence-corrected chi connectivity index (χ0v) is 13.2. The highest BCUT2D eigenvalue weighted by Crippen LogP contribution is 2.19. The third-order valence-electron chi connectivity index (χ3n) is 3.42. The van der Waals surface area contributed by atoms with Crippen LogP contribution in [0.2, 0.25) is 0 Å². The first-order chi connectivity index (χ1) is 11.5. The molecule has 0 saturated heterocycles. The van der Waals surface area contributed by atoms with E-state index in [4.69, 9.17) is 9.47 Å². The number of nitrogens with one attached hydrogen (secondary N) is 1. The lowest BCUT2D eigenvalue weighted by Crippen LogP contribution is -2.45. The van der Waals surface area contributed by atoms with Crippen molar-refractivity contribution in [1.29, 1.82) is 0 Å². The number of esters is 1. The number of amides is 3. The van der Waals surface area contributed by atoms with E-state index in [0.29, 0.717) is 24.3 Å². The summed E-state index contributed by atoms with van der Waals surface area (Å²) in [5, 5.41) is 2.48. The van der Waals surface area contributed by atoms with Crippen LogP contribution in [0.15, 0.2) is 24.3 Å². The molecule has 1 heterocycles. The van der Waals surface area contributed by atoms with E-state index >= 15 is 0 Å². The van der Waals surface area contributed by atoms with Crippen LogP contribution in [0, 0.1) is 0 Å². The summed E-state index contributed by atoms with van der Waals surface area (Å²) < 4.78 is 9.55. The molecule has 0 radical (unpaired) electrons. The molecule has 0 saturated carbocycles. The van der Waals surface area contributed by atoms with E-state index in [1.54, 1.807) is 24.3 Å². The van der Waals surface area contributed by atoms with E-state index in [9.17, 15) is 19.2 Å².